The van der Waals surface area contributed by atoms with E-state index in [9.17, 15) is 0 Å². The Kier molecular flexibility index (Phi) is 4.21. The Bertz CT molecular complexity index is 834. The number of anilines is 1. The molecule has 0 fully saturated rings. The lowest BCUT2D eigenvalue weighted by Crippen LogP contribution is -1.97. The smallest absolute Gasteiger partial charge is 0.221 e. The minimum absolute atomic E-state index is 0.0543. The third-order valence-corrected chi connectivity index (χ3v) is 3.52. The zero-order chi connectivity index (χ0) is 16.2. The Hall–Kier alpha value is -2.92. The fourth-order valence-electron chi connectivity index (χ4n) is 2.33. The van der Waals surface area contributed by atoms with Gasteiger partial charge in [-0.15, -0.1) is 0 Å². The fraction of sp³-hybridized carbons (Fsp3) is 0.111. The van der Waals surface area contributed by atoms with Crippen LogP contribution < -0.4 is 5.73 Å². The maximum atomic E-state index is 9.11. The van der Waals surface area contributed by atoms with Gasteiger partial charge in [0, 0.05) is 0 Å². The summed E-state index contributed by atoms with van der Waals surface area (Å²) >= 11 is 0. The van der Waals surface area contributed by atoms with Crippen LogP contribution in [0.3, 0.4) is 0 Å². The van der Waals surface area contributed by atoms with Gasteiger partial charge < -0.3 is 10.8 Å². The number of aromatic nitrogens is 2. The van der Waals surface area contributed by atoms with Crippen molar-refractivity contribution in [3.8, 4) is 11.1 Å². The van der Waals surface area contributed by atoms with Crippen molar-refractivity contribution in [3.63, 3.8) is 0 Å². The molecule has 1 aromatic heterocycles. The summed E-state index contributed by atoms with van der Waals surface area (Å²) in [4.78, 5) is 4.11. The first-order valence-corrected chi connectivity index (χ1v) is 7.32. The number of nitrogen functional groups attached to an aromatic ring is 1. The van der Waals surface area contributed by atoms with Crippen LogP contribution in [0.1, 0.15) is 16.8 Å². The van der Waals surface area contributed by atoms with Crippen LogP contribution >= 0.6 is 0 Å². The maximum absolute atomic E-state index is 9.11. The summed E-state index contributed by atoms with van der Waals surface area (Å²) in [6, 6.07) is 15.9. The molecule has 5 nitrogen and oxygen atoms in total. The molecule has 1 heterocycles. The van der Waals surface area contributed by atoms with Crippen molar-refractivity contribution in [3.05, 3.63) is 71.5 Å². The quantitative estimate of drug-likeness (QED) is 0.728. The number of imidazole rings is 1. The van der Waals surface area contributed by atoms with Crippen molar-refractivity contribution in [2.75, 3.05) is 5.73 Å². The lowest BCUT2D eigenvalue weighted by molar-refractivity contribution is 0.282. The third-order valence-electron chi connectivity index (χ3n) is 3.52. The molecule has 3 rings (SSSR count). The molecule has 0 spiro atoms. The molecular formula is C18H18N4O. The summed E-state index contributed by atoms with van der Waals surface area (Å²) in [7, 11) is 0. The van der Waals surface area contributed by atoms with E-state index in [1.54, 1.807) is 17.1 Å². The first kappa shape index (κ1) is 15.0. The zero-order valence-corrected chi connectivity index (χ0v) is 12.8. The summed E-state index contributed by atoms with van der Waals surface area (Å²) < 4.78 is 1.55. The molecular weight excluding hydrogens is 288 g/mol. The topological polar surface area (TPSA) is 76.4 Å². The molecule has 0 aliphatic heterocycles. The summed E-state index contributed by atoms with van der Waals surface area (Å²) in [5.41, 5.74) is 10.7. The van der Waals surface area contributed by atoms with Gasteiger partial charge in [0.25, 0.3) is 0 Å². The van der Waals surface area contributed by atoms with E-state index in [1.807, 2.05) is 49.4 Å². The second-order valence-corrected chi connectivity index (χ2v) is 5.31. The fourth-order valence-corrected chi connectivity index (χ4v) is 2.33. The number of nitrogens with zero attached hydrogens (tertiary/aromatic N) is 3. The van der Waals surface area contributed by atoms with Crippen molar-refractivity contribution in [1.82, 2.24) is 9.66 Å². The Morgan fingerprint density at radius 2 is 1.96 bits per heavy atom. The van der Waals surface area contributed by atoms with Crippen LogP contribution in [-0.2, 0) is 6.61 Å². The predicted molar refractivity (Wildman–Crippen MR) is 92.2 cm³/mol. The Balaban J connectivity index is 1.85. The largest absolute Gasteiger partial charge is 0.392 e. The monoisotopic (exact) mass is 306 g/mol. The van der Waals surface area contributed by atoms with E-state index in [-0.39, 0.29) is 6.61 Å². The molecule has 0 atom stereocenters. The molecule has 0 saturated carbocycles. The van der Waals surface area contributed by atoms with Gasteiger partial charge in [-0.25, -0.2) is 9.66 Å². The number of rotatable bonds is 4. The Labute approximate surface area is 134 Å². The highest BCUT2D eigenvalue weighted by atomic mass is 16.3. The summed E-state index contributed by atoms with van der Waals surface area (Å²) in [5, 5.41) is 13.4. The first-order chi connectivity index (χ1) is 11.2. The molecule has 5 heteroatoms. The van der Waals surface area contributed by atoms with Crippen LogP contribution in [0, 0.1) is 6.92 Å². The molecule has 2 aromatic carbocycles. The molecule has 23 heavy (non-hydrogen) atoms. The zero-order valence-electron chi connectivity index (χ0n) is 12.8. The van der Waals surface area contributed by atoms with Crippen molar-refractivity contribution >= 4 is 12.2 Å². The van der Waals surface area contributed by atoms with E-state index in [0.717, 1.165) is 27.9 Å². The number of aryl methyl sites for hydroxylation is 1. The summed E-state index contributed by atoms with van der Waals surface area (Å²) in [5.74, 6) is 0.370. The molecule has 0 bridgehead atoms. The van der Waals surface area contributed by atoms with E-state index in [2.05, 4.69) is 16.2 Å². The Morgan fingerprint density at radius 3 is 2.61 bits per heavy atom. The molecule has 0 amide bonds. The third kappa shape index (κ3) is 3.46. The van der Waals surface area contributed by atoms with Crippen LogP contribution in [0.5, 0.6) is 0 Å². The van der Waals surface area contributed by atoms with Crippen LogP contribution in [0.15, 0.2) is 59.8 Å². The van der Waals surface area contributed by atoms with Crippen molar-refractivity contribution in [2.45, 2.75) is 13.5 Å². The van der Waals surface area contributed by atoms with Crippen LogP contribution in [0.2, 0.25) is 0 Å². The van der Waals surface area contributed by atoms with Gasteiger partial charge in [-0.1, -0.05) is 42.5 Å². The molecule has 3 N–H and O–H groups in total. The van der Waals surface area contributed by atoms with Crippen molar-refractivity contribution < 1.29 is 5.11 Å². The summed E-state index contributed by atoms with van der Waals surface area (Å²) in [6.45, 7) is 1.93. The maximum Gasteiger partial charge on any atom is 0.221 e. The van der Waals surface area contributed by atoms with E-state index in [0.29, 0.717) is 5.95 Å². The summed E-state index contributed by atoms with van der Waals surface area (Å²) in [6.07, 6.45) is 3.53. The standard InChI is InChI=1S/C18H18N4O/c1-13-11-22(18(19)21-13)20-10-15-3-2-4-17(9-15)16-7-5-14(12-23)6-8-16/h2-11,23H,12H2,1H3,(H2,19,21). The second-order valence-electron chi connectivity index (χ2n) is 5.31. The van der Waals surface area contributed by atoms with E-state index in [1.165, 1.54) is 0 Å². The van der Waals surface area contributed by atoms with Gasteiger partial charge in [-0.3, -0.25) is 0 Å². The average Bonchev–Trinajstić information content (AvgIpc) is 2.91. The minimum Gasteiger partial charge on any atom is -0.392 e. The molecule has 116 valence electrons. The highest BCUT2D eigenvalue weighted by Crippen LogP contribution is 2.20. The van der Waals surface area contributed by atoms with Crippen LogP contribution in [0.25, 0.3) is 11.1 Å². The van der Waals surface area contributed by atoms with Gasteiger partial charge in [0.1, 0.15) is 0 Å². The molecule has 0 aliphatic rings. The predicted octanol–water partition coefficient (Wildman–Crippen LogP) is 2.82. The molecule has 0 saturated heterocycles. The number of hydrogen-bond donors (Lipinski definition) is 2. The molecule has 0 unspecified atom stereocenters. The first-order valence-electron chi connectivity index (χ1n) is 7.32. The molecule has 0 radical (unpaired) electrons. The van der Waals surface area contributed by atoms with E-state index in [4.69, 9.17) is 10.8 Å². The van der Waals surface area contributed by atoms with Crippen molar-refractivity contribution in [2.24, 2.45) is 5.10 Å². The van der Waals surface area contributed by atoms with Gasteiger partial charge in [0.2, 0.25) is 5.95 Å². The average molecular weight is 306 g/mol. The van der Waals surface area contributed by atoms with Gasteiger partial charge in [-0.2, -0.15) is 5.10 Å². The van der Waals surface area contributed by atoms with Crippen molar-refractivity contribution in [1.29, 1.82) is 0 Å². The Morgan fingerprint density at radius 1 is 1.17 bits per heavy atom. The lowest BCUT2D eigenvalue weighted by atomic mass is 10.0. The second kappa shape index (κ2) is 6.46. The SMILES string of the molecule is Cc1cn(N=Cc2cccc(-c3ccc(CO)cc3)c2)c(N)n1. The van der Waals surface area contributed by atoms with Gasteiger partial charge in [-0.05, 0) is 35.2 Å². The molecule has 3 aromatic rings. The van der Waals surface area contributed by atoms with E-state index < -0.39 is 0 Å². The van der Waals surface area contributed by atoms with E-state index >= 15 is 0 Å². The van der Waals surface area contributed by atoms with Crippen LogP contribution in [0.4, 0.5) is 5.95 Å². The van der Waals surface area contributed by atoms with Gasteiger partial charge in [0.15, 0.2) is 0 Å². The number of hydrogen-bond acceptors (Lipinski definition) is 4. The number of aliphatic hydroxyl groups is 1. The minimum atomic E-state index is 0.0543. The number of benzene rings is 2. The van der Waals surface area contributed by atoms with Crippen LogP contribution in [-0.4, -0.2) is 21.0 Å². The number of nitrogens with two attached hydrogens (primary N) is 1. The number of aliphatic hydroxyl groups excluding tert-OH is 1. The van der Waals surface area contributed by atoms with Gasteiger partial charge in [0.05, 0.1) is 24.7 Å². The highest BCUT2D eigenvalue weighted by molar-refractivity contribution is 5.82. The normalized spacial score (nSPS) is 11.2. The lowest BCUT2D eigenvalue weighted by Gasteiger charge is -2.04. The molecule has 0 aliphatic carbocycles. The highest BCUT2D eigenvalue weighted by Gasteiger charge is 2.01. The van der Waals surface area contributed by atoms with Gasteiger partial charge >= 0.3 is 0 Å².